The Balaban J connectivity index is 1.52. The number of fused-ring (bicyclic) bond motifs is 6. The van der Waals surface area contributed by atoms with Crippen molar-refractivity contribution in [2.75, 3.05) is 0 Å². The van der Waals surface area contributed by atoms with Crippen molar-refractivity contribution in [2.45, 2.75) is 0 Å². The first-order chi connectivity index (χ1) is 15.9. The molecule has 3 nitrogen and oxygen atoms in total. The van der Waals surface area contributed by atoms with E-state index in [9.17, 15) is 0 Å². The first kappa shape index (κ1) is 17.3. The highest BCUT2D eigenvalue weighted by molar-refractivity contribution is 6.10. The van der Waals surface area contributed by atoms with Crippen LogP contribution in [-0.2, 0) is 0 Å². The summed E-state index contributed by atoms with van der Waals surface area (Å²) >= 11 is 0. The van der Waals surface area contributed by atoms with Gasteiger partial charge < -0.3 is 8.98 Å². The van der Waals surface area contributed by atoms with E-state index in [0.717, 1.165) is 38.8 Å². The smallest absolute Gasteiger partial charge is 0.135 e. The molecule has 32 heavy (non-hydrogen) atoms. The van der Waals surface area contributed by atoms with E-state index < -0.39 is 0 Å². The second-order valence-corrected chi connectivity index (χ2v) is 8.10. The average Bonchev–Trinajstić information content (AvgIpc) is 3.39. The molecule has 0 aliphatic carbocycles. The van der Waals surface area contributed by atoms with Crippen molar-refractivity contribution in [3.63, 3.8) is 0 Å². The predicted octanol–water partition coefficient (Wildman–Crippen LogP) is 7.75. The highest BCUT2D eigenvalue weighted by atomic mass is 16.3. The number of para-hydroxylation sites is 2. The van der Waals surface area contributed by atoms with Crippen LogP contribution >= 0.6 is 0 Å². The third-order valence-electron chi connectivity index (χ3n) is 6.29. The van der Waals surface area contributed by atoms with Crippen LogP contribution in [0.5, 0.6) is 0 Å². The van der Waals surface area contributed by atoms with Gasteiger partial charge in [-0.2, -0.15) is 0 Å². The van der Waals surface area contributed by atoms with Crippen molar-refractivity contribution in [2.24, 2.45) is 0 Å². The topological polar surface area (TPSA) is 31.0 Å². The van der Waals surface area contributed by atoms with Gasteiger partial charge in [-0.3, -0.25) is 4.98 Å². The van der Waals surface area contributed by atoms with Gasteiger partial charge in [-0.05, 0) is 54.1 Å². The molecule has 0 amide bonds. The molecule has 0 N–H and O–H groups in total. The Morgan fingerprint density at radius 3 is 1.97 bits per heavy atom. The van der Waals surface area contributed by atoms with Gasteiger partial charge in [0.05, 0.1) is 11.0 Å². The summed E-state index contributed by atoms with van der Waals surface area (Å²) < 4.78 is 8.51. The molecule has 0 saturated heterocycles. The summed E-state index contributed by atoms with van der Waals surface area (Å²) in [4.78, 5) is 4.27. The number of rotatable bonds is 2. The minimum atomic E-state index is 0.895. The van der Waals surface area contributed by atoms with Crippen LogP contribution in [0.1, 0.15) is 0 Å². The molecule has 7 aromatic rings. The Kier molecular flexibility index (Phi) is 3.55. The molecular formula is C29H18N2O. The largest absolute Gasteiger partial charge is 0.456 e. The molecule has 0 fully saturated rings. The van der Waals surface area contributed by atoms with Crippen LogP contribution in [0.3, 0.4) is 0 Å². The fourth-order valence-corrected chi connectivity index (χ4v) is 4.82. The molecule has 0 aliphatic heterocycles. The van der Waals surface area contributed by atoms with E-state index >= 15 is 0 Å². The first-order valence-electron chi connectivity index (χ1n) is 10.7. The molecule has 3 aromatic heterocycles. The highest BCUT2D eigenvalue weighted by Gasteiger charge is 2.14. The van der Waals surface area contributed by atoms with Gasteiger partial charge in [-0.1, -0.05) is 48.5 Å². The van der Waals surface area contributed by atoms with Crippen LogP contribution in [0, 0.1) is 0 Å². The third kappa shape index (κ3) is 2.45. The molecule has 7 rings (SSSR count). The summed E-state index contributed by atoms with van der Waals surface area (Å²) in [5, 5.41) is 4.76. The summed E-state index contributed by atoms with van der Waals surface area (Å²) in [6.07, 6.45) is 3.69. The van der Waals surface area contributed by atoms with E-state index in [2.05, 4.69) is 101 Å². The number of aromatic nitrogens is 2. The maximum absolute atomic E-state index is 6.17. The summed E-state index contributed by atoms with van der Waals surface area (Å²) in [5.41, 5.74) is 7.57. The van der Waals surface area contributed by atoms with Crippen LogP contribution in [0.15, 0.2) is 114 Å². The molecule has 3 heterocycles. The van der Waals surface area contributed by atoms with Gasteiger partial charge in [0.1, 0.15) is 11.2 Å². The number of benzene rings is 4. The van der Waals surface area contributed by atoms with Gasteiger partial charge in [0.2, 0.25) is 0 Å². The van der Waals surface area contributed by atoms with Gasteiger partial charge in [-0.25, -0.2) is 0 Å². The number of pyridine rings is 1. The van der Waals surface area contributed by atoms with Crippen LogP contribution in [0.2, 0.25) is 0 Å². The first-order valence-corrected chi connectivity index (χ1v) is 10.7. The molecule has 0 unspecified atom stereocenters. The molecule has 3 heteroatoms. The highest BCUT2D eigenvalue weighted by Crippen LogP contribution is 2.36. The van der Waals surface area contributed by atoms with Gasteiger partial charge in [0.15, 0.2) is 0 Å². The second kappa shape index (κ2) is 6.56. The SMILES string of the molecule is c1cncc(-c2ccc3oc4ccc(-n5c6ccccc6c6ccccc65)cc4c3c2)c1. The molecule has 0 saturated carbocycles. The van der Waals surface area contributed by atoms with Gasteiger partial charge >= 0.3 is 0 Å². The van der Waals surface area contributed by atoms with E-state index in [0.29, 0.717) is 0 Å². The van der Waals surface area contributed by atoms with E-state index in [1.807, 2.05) is 12.3 Å². The molecule has 0 aliphatic rings. The number of hydrogen-bond donors (Lipinski definition) is 0. The van der Waals surface area contributed by atoms with Crippen molar-refractivity contribution in [1.82, 2.24) is 9.55 Å². The zero-order valence-electron chi connectivity index (χ0n) is 17.2. The molecule has 0 spiro atoms. The van der Waals surface area contributed by atoms with Crippen LogP contribution < -0.4 is 0 Å². The molecular weight excluding hydrogens is 392 g/mol. The van der Waals surface area contributed by atoms with Crippen LogP contribution in [0.4, 0.5) is 0 Å². The van der Waals surface area contributed by atoms with Gasteiger partial charge in [-0.15, -0.1) is 0 Å². The van der Waals surface area contributed by atoms with Gasteiger partial charge in [0, 0.05) is 45.2 Å². The number of furan rings is 1. The maximum Gasteiger partial charge on any atom is 0.135 e. The van der Waals surface area contributed by atoms with Crippen molar-refractivity contribution < 1.29 is 4.42 Å². The minimum Gasteiger partial charge on any atom is -0.456 e. The quantitative estimate of drug-likeness (QED) is 0.292. The minimum absolute atomic E-state index is 0.895. The lowest BCUT2D eigenvalue weighted by Gasteiger charge is -2.08. The lowest BCUT2D eigenvalue weighted by molar-refractivity contribution is 0.669. The Morgan fingerprint density at radius 1 is 0.562 bits per heavy atom. The van der Waals surface area contributed by atoms with E-state index in [1.165, 1.54) is 21.8 Å². The normalized spacial score (nSPS) is 11.8. The lowest BCUT2D eigenvalue weighted by atomic mass is 10.0. The Labute approximate surface area is 184 Å². The molecule has 0 atom stereocenters. The summed E-state index contributed by atoms with van der Waals surface area (Å²) in [5.74, 6) is 0. The fourth-order valence-electron chi connectivity index (χ4n) is 4.82. The predicted molar refractivity (Wildman–Crippen MR) is 131 cm³/mol. The van der Waals surface area contributed by atoms with Crippen molar-refractivity contribution in [3.05, 3.63) is 109 Å². The Bertz CT molecular complexity index is 1720. The van der Waals surface area contributed by atoms with Crippen molar-refractivity contribution in [3.8, 4) is 16.8 Å². The fraction of sp³-hybridized carbons (Fsp3) is 0. The standard InChI is InChI=1S/C29H18N2O/c1-3-9-26-22(7-1)23-8-2-4-10-27(23)31(26)21-12-14-29-25(17-21)24-16-19(11-13-28(24)32-29)20-6-5-15-30-18-20/h1-18H. The number of nitrogens with zero attached hydrogens (tertiary/aromatic N) is 2. The van der Waals surface area contributed by atoms with Gasteiger partial charge in [0.25, 0.3) is 0 Å². The monoisotopic (exact) mass is 410 g/mol. The zero-order valence-corrected chi connectivity index (χ0v) is 17.2. The summed E-state index contributed by atoms with van der Waals surface area (Å²) in [6.45, 7) is 0. The Hall–Kier alpha value is -4.37. The van der Waals surface area contributed by atoms with E-state index in [1.54, 1.807) is 6.20 Å². The van der Waals surface area contributed by atoms with E-state index in [4.69, 9.17) is 4.42 Å². The van der Waals surface area contributed by atoms with Crippen LogP contribution in [-0.4, -0.2) is 9.55 Å². The average molecular weight is 410 g/mol. The van der Waals surface area contributed by atoms with Crippen molar-refractivity contribution >= 4 is 43.7 Å². The second-order valence-electron chi connectivity index (χ2n) is 8.10. The number of hydrogen-bond acceptors (Lipinski definition) is 2. The molecule has 0 bridgehead atoms. The summed E-state index contributed by atoms with van der Waals surface area (Å²) in [6, 6.07) is 34.0. The van der Waals surface area contributed by atoms with Crippen molar-refractivity contribution in [1.29, 1.82) is 0 Å². The van der Waals surface area contributed by atoms with Crippen LogP contribution in [0.25, 0.3) is 60.6 Å². The molecule has 150 valence electrons. The third-order valence-corrected chi connectivity index (χ3v) is 6.29. The lowest BCUT2D eigenvalue weighted by Crippen LogP contribution is -1.93. The maximum atomic E-state index is 6.17. The molecule has 4 aromatic carbocycles. The Morgan fingerprint density at radius 2 is 1.25 bits per heavy atom. The zero-order chi connectivity index (χ0) is 21.1. The molecule has 0 radical (unpaired) electrons. The summed E-state index contributed by atoms with van der Waals surface area (Å²) in [7, 11) is 0. The van der Waals surface area contributed by atoms with E-state index in [-0.39, 0.29) is 0 Å².